The first-order valence-corrected chi connectivity index (χ1v) is 10.1. The van der Waals surface area contributed by atoms with Crippen molar-refractivity contribution in [2.24, 2.45) is 0 Å². The minimum atomic E-state index is -0.763. The molecule has 1 aliphatic heterocycles. The lowest BCUT2D eigenvalue weighted by Crippen LogP contribution is -2.50. The van der Waals surface area contributed by atoms with Crippen LogP contribution < -0.4 is 5.32 Å². The van der Waals surface area contributed by atoms with Crippen LogP contribution in [0, 0.1) is 12.7 Å². The van der Waals surface area contributed by atoms with Gasteiger partial charge in [-0.05, 0) is 35.7 Å². The molecule has 0 aromatic heterocycles. The van der Waals surface area contributed by atoms with Crippen LogP contribution in [-0.4, -0.2) is 22.9 Å². The second-order valence-electron chi connectivity index (χ2n) is 7.56. The minimum absolute atomic E-state index is 0.120. The number of ether oxygens (including phenoxy) is 1. The summed E-state index contributed by atoms with van der Waals surface area (Å²) in [4.78, 5) is 27.5. The number of hydrogen-bond donors (Lipinski definition) is 1. The maximum Gasteiger partial charge on any atom is 0.411 e. The Morgan fingerprint density at radius 2 is 1.71 bits per heavy atom. The fourth-order valence-electron chi connectivity index (χ4n) is 3.71. The lowest BCUT2D eigenvalue weighted by molar-refractivity contribution is -0.121. The summed E-state index contributed by atoms with van der Waals surface area (Å²) in [5, 5.41) is 2.78. The highest BCUT2D eigenvalue weighted by atomic mass is 19.1. The normalized spacial score (nSPS) is 15.2. The van der Waals surface area contributed by atoms with E-state index in [1.807, 2.05) is 54.6 Å². The molecule has 1 aliphatic rings. The van der Waals surface area contributed by atoms with E-state index in [9.17, 15) is 14.0 Å². The molecule has 3 aromatic carbocycles. The van der Waals surface area contributed by atoms with Gasteiger partial charge in [-0.2, -0.15) is 0 Å². The van der Waals surface area contributed by atoms with Crippen molar-refractivity contribution in [1.29, 1.82) is 0 Å². The van der Waals surface area contributed by atoms with E-state index in [0.717, 1.165) is 16.7 Å². The van der Waals surface area contributed by atoms with Gasteiger partial charge in [-0.25, -0.2) is 9.18 Å². The summed E-state index contributed by atoms with van der Waals surface area (Å²) in [6.45, 7) is 1.99. The number of rotatable bonds is 4. The first-order chi connectivity index (χ1) is 15.0. The monoisotopic (exact) mass is 418 g/mol. The Hall–Kier alpha value is -3.67. The van der Waals surface area contributed by atoms with Crippen LogP contribution in [0.5, 0.6) is 0 Å². The SMILES string of the molecule is Cc1c(F)cccc1NC(=O)[C@@H]1Cc2ccccc2CN1C(=O)OCc1ccccc1. The van der Waals surface area contributed by atoms with Crippen molar-refractivity contribution in [2.75, 3.05) is 5.32 Å². The molecule has 1 N–H and O–H groups in total. The summed E-state index contributed by atoms with van der Waals surface area (Å²) in [5.74, 6) is -0.772. The zero-order valence-electron chi connectivity index (χ0n) is 17.2. The zero-order valence-corrected chi connectivity index (χ0v) is 17.2. The highest BCUT2D eigenvalue weighted by Crippen LogP contribution is 2.26. The molecule has 0 aliphatic carbocycles. The molecule has 2 amide bonds. The Bertz CT molecular complexity index is 1100. The van der Waals surface area contributed by atoms with Crippen molar-refractivity contribution in [3.63, 3.8) is 0 Å². The standard InChI is InChI=1S/C25H23FN2O3/c1-17-21(26)12-7-13-22(17)27-24(29)23-14-19-10-5-6-11-20(19)15-28(23)25(30)31-16-18-8-3-2-4-9-18/h2-13,23H,14-16H2,1H3,(H,27,29)/t23-/m0/s1. The molecule has 0 radical (unpaired) electrons. The molecule has 0 fully saturated rings. The topological polar surface area (TPSA) is 58.6 Å². The summed E-state index contributed by atoms with van der Waals surface area (Å²) in [6.07, 6.45) is -0.203. The number of benzene rings is 3. The number of nitrogens with one attached hydrogen (secondary N) is 1. The minimum Gasteiger partial charge on any atom is -0.445 e. The van der Waals surface area contributed by atoms with Crippen molar-refractivity contribution < 1.29 is 18.7 Å². The summed E-state index contributed by atoms with van der Waals surface area (Å²) >= 11 is 0. The van der Waals surface area contributed by atoms with E-state index in [0.29, 0.717) is 17.7 Å². The lowest BCUT2D eigenvalue weighted by atomic mass is 9.93. The van der Waals surface area contributed by atoms with E-state index >= 15 is 0 Å². The maximum absolute atomic E-state index is 13.9. The third kappa shape index (κ3) is 4.58. The number of halogens is 1. The molecule has 3 aromatic rings. The summed E-state index contributed by atoms with van der Waals surface area (Å²) in [7, 11) is 0. The molecule has 0 spiro atoms. The van der Waals surface area contributed by atoms with Crippen LogP contribution in [0.3, 0.4) is 0 Å². The molecule has 158 valence electrons. The number of amides is 2. The van der Waals surface area contributed by atoms with Gasteiger partial charge in [0.25, 0.3) is 0 Å². The first-order valence-electron chi connectivity index (χ1n) is 10.1. The van der Waals surface area contributed by atoms with Crippen LogP contribution in [0.15, 0.2) is 72.8 Å². The van der Waals surface area contributed by atoms with Crippen LogP contribution in [0.25, 0.3) is 0 Å². The van der Waals surface area contributed by atoms with Gasteiger partial charge in [0.15, 0.2) is 0 Å². The highest BCUT2D eigenvalue weighted by molar-refractivity contribution is 5.97. The summed E-state index contributed by atoms with van der Waals surface area (Å²) in [5.41, 5.74) is 3.59. The smallest absolute Gasteiger partial charge is 0.411 e. The quantitative estimate of drug-likeness (QED) is 0.660. The van der Waals surface area contributed by atoms with Gasteiger partial charge in [0.2, 0.25) is 5.91 Å². The van der Waals surface area contributed by atoms with Gasteiger partial charge in [-0.15, -0.1) is 0 Å². The van der Waals surface area contributed by atoms with Crippen molar-refractivity contribution in [3.8, 4) is 0 Å². The number of carbonyl (C=O) groups excluding carboxylic acids is 2. The Labute approximate surface area is 180 Å². The third-order valence-corrected chi connectivity index (χ3v) is 5.52. The average Bonchev–Trinajstić information content (AvgIpc) is 2.80. The number of anilines is 1. The largest absolute Gasteiger partial charge is 0.445 e. The van der Waals surface area contributed by atoms with Crippen LogP contribution in [0.4, 0.5) is 14.9 Å². The van der Waals surface area contributed by atoms with Crippen LogP contribution in [-0.2, 0) is 29.1 Å². The van der Waals surface area contributed by atoms with Crippen LogP contribution in [0.2, 0.25) is 0 Å². The Morgan fingerprint density at radius 3 is 2.48 bits per heavy atom. The van der Waals surface area contributed by atoms with E-state index in [4.69, 9.17) is 4.74 Å². The highest BCUT2D eigenvalue weighted by Gasteiger charge is 2.35. The predicted octanol–water partition coefficient (Wildman–Crippen LogP) is 4.84. The molecule has 0 unspecified atom stereocenters. The van der Waals surface area contributed by atoms with E-state index in [-0.39, 0.29) is 19.1 Å². The van der Waals surface area contributed by atoms with Crippen molar-refractivity contribution in [1.82, 2.24) is 4.90 Å². The molecule has 1 heterocycles. The zero-order chi connectivity index (χ0) is 21.8. The molecular weight excluding hydrogens is 395 g/mol. The first kappa shape index (κ1) is 20.6. The van der Waals surface area contributed by atoms with E-state index in [1.54, 1.807) is 19.1 Å². The van der Waals surface area contributed by atoms with Gasteiger partial charge in [-0.1, -0.05) is 60.7 Å². The van der Waals surface area contributed by atoms with E-state index < -0.39 is 18.0 Å². The van der Waals surface area contributed by atoms with E-state index in [1.165, 1.54) is 11.0 Å². The number of nitrogens with zero attached hydrogens (tertiary/aromatic N) is 1. The third-order valence-electron chi connectivity index (χ3n) is 5.52. The average molecular weight is 418 g/mol. The number of hydrogen-bond acceptors (Lipinski definition) is 3. The molecular formula is C25H23FN2O3. The van der Waals surface area contributed by atoms with Gasteiger partial charge >= 0.3 is 6.09 Å². The maximum atomic E-state index is 13.9. The summed E-state index contributed by atoms with van der Waals surface area (Å²) < 4.78 is 19.4. The van der Waals surface area contributed by atoms with Crippen molar-refractivity contribution >= 4 is 17.7 Å². The summed E-state index contributed by atoms with van der Waals surface area (Å²) in [6, 6.07) is 20.9. The Morgan fingerprint density at radius 1 is 1.00 bits per heavy atom. The Balaban J connectivity index is 1.55. The number of fused-ring (bicyclic) bond motifs is 1. The van der Waals surface area contributed by atoms with Crippen LogP contribution >= 0.6 is 0 Å². The van der Waals surface area contributed by atoms with Gasteiger partial charge in [0.1, 0.15) is 18.5 Å². The van der Waals surface area contributed by atoms with E-state index in [2.05, 4.69) is 5.32 Å². The molecule has 0 bridgehead atoms. The number of carbonyl (C=O) groups is 2. The fraction of sp³-hybridized carbons (Fsp3) is 0.200. The Kier molecular flexibility index (Phi) is 5.98. The van der Waals surface area contributed by atoms with Crippen molar-refractivity contribution in [3.05, 3.63) is 101 Å². The molecule has 6 heteroatoms. The predicted molar refractivity (Wildman–Crippen MR) is 116 cm³/mol. The molecule has 1 atom stereocenters. The van der Waals surface area contributed by atoms with Crippen LogP contribution in [0.1, 0.15) is 22.3 Å². The van der Waals surface area contributed by atoms with Gasteiger partial charge in [0.05, 0.1) is 6.54 Å². The lowest BCUT2D eigenvalue weighted by Gasteiger charge is -2.35. The van der Waals surface area contributed by atoms with Crippen molar-refractivity contribution in [2.45, 2.75) is 32.5 Å². The molecule has 0 saturated heterocycles. The molecule has 4 rings (SSSR count). The molecule has 0 saturated carbocycles. The molecule has 31 heavy (non-hydrogen) atoms. The second kappa shape index (κ2) is 9.00. The van der Waals surface area contributed by atoms with Gasteiger partial charge in [-0.3, -0.25) is 9.69 Å². The van der Waals surface area contributed by atoms with Gasteiger partial charge in [0, 0.05) is 17.7 Å². The fourth-order valence-corrected chi connectivity index (χ4v) is 3.71. The second-order valence-corrected chi connectivity index (χ2v) is 7.56. The molecule has 5 nitrogen and oxygen atoms in total. The van der Waals surface area contributed by atoms with Gasteiger partial charge < -0.3 is 10.1 Å².